The summed E-state index contributed by atoms with van der Waals surface area (Å²) in [5.41, 5.74) is -2.93. The molecule has 2 unspecified atom stereocenters. The minimum absolute atomic E-state index is 0. The van der Waals surface area contributed by atoms with Crippen LogP contribution in [0.5, 0.6) is 11.5 Å². The SMILES string of the molecule is C.CNC.COc1cc(F)c([N+](=O)[O-])cc1Nc1nccc(Nc2cc(Cl)c(F)cc2C(C)(C)O)n1.COc1cc(N2C[C@@H](C)C[C@@H]2CN(C)C)c([N+](=O)[O-])cc1Nc1nccc(Nc2cc(Cl)c(F)cc2C(C)(C)O)n1.C[C@@H]1CN[C@@H](CN(C)C)C1.C[C@H]1CC(CN(C)C)N(C(=O)OC(C)(C)C)C1.C[C@H]1CC(COS(C)(=O)=O)N(C(=O)OC(C)(C)C)C1.C[C@H]1C[C@H](CO)N(C(=O)OC(C)(C)C)C1. The van der Waals surface area contributed by atoms with Crippen molar-refractivity contribution < 1.29 is 89.0 Å². The maximum atomic E-state index is 14.1. The van der Waals surface area contributed by atoms with E-state index in [9.17, 15) is 66.4 Å². The van der Waals surface area contributed by atoms with E-state index in [2.05, 4.69) is 113 Å². The lowest BCUT2D eigenvalue weighted by Gasteiger charge is -2.29. The van der Waals surface area contributed by atoms with Gasteiger partial charge >= 0.3 is 24.0 Å². The number of carbonyl (C=O) groups excluding carboxylic acids is 3. The Hall–Kier alpha value is -9.79. The van der Waals surface area contributed by atoms with Gasteiger partial charge in [-0.3, -0.25) is 24.4 Å². The number of aliphatic hydroxyl groups is 3. The molecule has 5 fully saturated rings. The Kier molecular flexibility index (Phi) is 46.4. The molecule has 5 saturated heterocycles. The van der Waals surface area contributed by atoms with E-state index in [0.29, 0.717) is 77.6 Å². The smallest absolute Gasteiger partial charge is 0.410 e. The van der Waals surface area contributed by atoms with Gasteiger partial charge in [0.15, 0.2) is 0 Å². The molecular weight excluding hydrogens is 1860 g/mol. The van der Waals surface area contributed by atoms with Gasteiger partial charge in [-0.15, -0.1) is 0 Å². The molecule has 0 bridgehead atoms. The number of hydrogen-bond acceptors (Lipinski definition) is 32. The van der Waals surface area contributed by atoms with Gasteiger partial charge in [-0.25, -0.2) is 33.1 Å². The summed E-state index contributed by atoms with van der Waals surface area (Å²) in [5, 5.41) is 71.1. The van der Waals surface area contributed by atoms with Crippen LogP contribution in [0.25, 0.3) is 0 Å². The van der Waals surface area contributed by atoms with Crippen molar-refractivity contribution in [1.29, 1.82) is 0 Å². The number of hydrogen-bond donors (Lipinski definition) is 9. The highest BCUT2D eigenvalue weighted by molar-refractivity contribution is 7.86. The molecule has 10 atom stereocenters. The molecule has 2 aromatic heterocycles. The highest BCUT2D eigenvalue weighted by Gasteiger charge is 2.41. The second kappa shape index (κ2) is 53.2. The molecule has 0 saturated carbocycles. The number of ether oxygens (including phenoxy) is 5. The van der Waals surface area contributed by atoms with Crippen molar-refractivity contribution in [2.75, 3.05) is 169 Å². The number of anilines is 9. The van der Waals surface area contributed by atoms with E-state index in [4.69, 9.17) is 56.2 Å². The van der Waals surface area contributed by atoms with Crippen molar-refractivity contribution in [3.63, 3.8) is 0 Å². The molecule has 5 aliphatic heterocycles. The lowest BCUT2D eigenvalue weighted by atomic mass is 9.96. The molecule has 0 radical (unpaired) electrons. The Morgan fingerprint density at radius 2 is 0.899 bits per heavy atom. The number of nitrogens with zero attached hydrogens (tertiary/aromatic N) is 13. The molecule has 3 amide bonds. The minimum atomic E-state index is -3.49. The first-order chi connectivity index (χ1) is 63.3. The molecule has 11 rings (SSSR count). The van der Waals surface area contributed by atoms with E-state index in [0.717, 1.165) is 81.7 Å². The first-order valence-corrected chi connectivity index (χ1v) is 48.0. The van der Waals surface area contributed by atoms with E-state index in [1.165, 1.54) is 104 Å². The molecule has 7 heterocycles. The van der Waals surface area contributed by atoms with Gasteiger partial charge in [0.2, 0.25) is 17.7 Å². The highest BCUT2D eigenvalue weighted by Crippen LogP contribution is 2.44. The van der Waals surface area contributed by atoms with Crippen LogP contribution in [0.3, 0.4) is 0 Å². The van der Waals surface area contributed by atoms with E-state index >= 15 is 0 Å². The fourth-order valence-electron chi connectivity index (χ4n) is 15.8. The Morgan fingerprint density at radius 3 is 1.27 bits per heavy atom. The zero-order valence-electron chi connectivity index (χ0n) is 84.9. The van der Waals surface area contributed by atoms with Crippen LogP contribution in [0, 0.1) is 67.3 Å². The van der Waals surface area contributed by atoms with E-state index in [-0.39, 0.29) is 113 Å². The number of benzene rings is 4. The average Bonchev–Trinajstić information content (AvgIpc) is 1.48. The summed E-state index contributed by atoms with van der Waals surface area (Å²) >= 11 is 11.9. The summed E-state index contributed by atoms with van der Waals surface area (Å²) in [6, 6.07) is 13.8. The minimum Gasteiger partial charge on any atom is -0.494 e. The summed E-state index contributed by atoms with van der Waals surface area (Å²) in [4.78, 5) is 88.5. The molecule has 5 aliphatic rings. The molecule has 4 aromatic carbocycles. The van der Waals surface area contributed by atoms with E-state index < -0.39 is 77.2 Å². The number of likely N-dealkylation sites (tertiary alicyclic amines) is 3. The predicted octanol–water partition coefficient (Wildman–Crippen LogP) is 17.2. The number of nitrogens with one attached hydrogen (secondary N) is 6. The number of amides is 3. The second-order valence-electron chi connectivity index (χ2n) is 40.3. The third-order valence-corrected chi connectivity index (χ3v) is 22.4. The van der Waals surface area contributed by atoms with Gasteiger partial charge in [-0.2, -0.15) is 22.8 Å². The molecule has 37 nitrogen and oxygen atoms in total. The quantitative estimate of drug-likeness (QED) is 0.0111. The molecule has 776 valence electrons. The number of carbonyl (C=O) groups is 3. The number of methoxy groups -OCH3 is 2. The van der Waals surface area contributed by atoms with Gasteiger partial charge in [0.25, 0.3) is 15.8 Å². The standard InChI is InChI=1S/C28H35ClFN7O4.C20H18ClF2N5O4.C13H26N2O2.C12H23NO5S.C11H21NO3.C8H18N2.C2H7N.CH4/c1-16-9-17(15-35(4)5)36(14-16)23-13-25(41-6)22(12-24(23)37(39)40)33-27-31-8-7-26(34-27)32-21-11-19(29)20(30)10-18(21)28(2,3)38;1-20(2,29)10-6-12(22)11(21)7-14(10)25-18-4-5-24-19(27-18)26-15-9-16(28(30)31)13(23)8-17(15)32-3;1-10-7-11(9-14(5)6)15(8-10)12(16)17-13(2,3)4;1-9-6-10(8-17-19(5,15)16)13(7-9)11(14)18-12(2,3)4;1-8-5-9(7-13)12(6-8)10(14)15-11(2,3)4;1-7-4-8(9-5-7)6-10(2)3;1-3-2;/h7-8,10-13,16-17,38H,9,14-15H2,1-6H3,(H2,31,32,33,34);4-9,29H,1-3H3,(H2,24,25,26,27);10-11H,7-9H2,1-6H3;9-10H,6-8H2,1-5H3;8-9,13H,5-7H2,1-4H3;7-9H,4-6H2,1-3H3;3H,1-2H3;1H4/t16-,17+;;10-,11?;9-,10?;8-,9+;7-,8+;;/m0.0000../s1. The molecule has 0 aliphatic carbocycles. The van der Waals surface area contributed by atoms with Crippen LogP contribution >= 0.6 is 23.2 Å². The van der Waals surface area contributed by atoms with E-state index in [1.807, 2.05) is 95.7 Å². The normalized spacial score (nSPS) is 19.7. The first-order valence-electron chi connectivity index (χ1n) is 45.4. The van der Waals surface area contributed by atoms with Gasteiger partial charge < -0.3 is 105 Å². The van der Waals surface area contributed by atoms with E-state index in [1.54, 1.807) is 42.7 Å². The molecule has 138 heavy (non-hydrogen) atoms. The van der Waals surface area contributed by atoms with Crippen molar-refractivity contribution in [2.45, 2.75) is 222 Å². The maximum absolute atomic E-state index is 14.1. The first kappa shape index (κ1) is 121. The van der Waals surface area contributed by atoms with Crippen molar-refractivity contribution in [3.8, 4) is 11.5 Å². The molecule has 0 spiro atoms. The van der Waals surface area contributed by atoms with Gasteiger partial charge in [-0.05, 0) is 251 Å². The second-order valence-corrected chi connectivity index (χ2v) is 42.7. The number of rotatable bonds is 25. The number of aliphatic hydroxyl groups excluding tert-OH is 1. The molecule has 9 N–H and O–H groups in total. The van der Waals surface area contributed by atoms with Crippen molar-refractivity contribution in [3.05, 3.63) is 132 Å². The average molecular weight is 2010 g/mol. The molecular formula is C95H152Cl2F3N19O18S. The Morgan fingerprint density at radius 1 is 0.529 bits per heavy atom. The third kappa shape index (κ3) is 40.1. The zero-order chi connectivity index (χ0) is 104. The highest BCUT2D eigenvalue weighted by atomic mass is 35.5. The van der Waals surface area contributed by atoms with Gasteiger partial charge in [0, 0.05) is 123 Å². The Bertz CT molecular complexity index is 5070. The fourth-order valence-corrected chi connectivity index (χ4v) is 16.5. The van der Waals surface area contributed by atoms with Crippen LogP contribution in [0.15, 0.2) is 73.1 Å². The lowest BCUT2D eigenvalue weighted by Crippen LogP contribution is -2.43. The molecule has 6 aromatic rings. The van der Waals surface area contributed by atoms with Gasteiger partial charge in [-0.1, -0.05) is 65.2 Å². The number of nitro benzene ring substituents is 2. The number of halogens is 5. The fraction of sp³-hybridized carbons (Fsp3) is 0.632. The predicted molar refractivity (Wildman–Crippen MR) is 537 cm³/mol. The largest absolute Gasteiger partial charge is 0.494 e. The van der Waals surface area contributed by atoms with Crippen molar-refractivity contribution >= 4 is 115 Å². The number of aromatic nitrogens is 4. The van der Waals surface area contributed by atoms with Crippen LogP contribution in [-0.4, -0.2) is 291 Å². The summed E-state index contributed by atoms with van der Waals surface area (Å²) < 4.78 is 95.5. The van der Waals surface area contributed by atoms with Gasteiger partial charge in [0.1, 0.15) is 57.3 Å². The maximum Gasteiger partial charge on any atom is 0.410 e. The number of nitro groups is 2. The van der Waals surface area contributed by atoms with Crippen LogP contribution in [0.1, 0.15) is 175 Å². The van der Waals surface area contributed by atoms with Crippen LogP contribution in [-0.2, 0) is 39.7 Å². The van der Waals surface area contributed by atoms with Crippen molar-refractivity contribution in [1.82, 2.24) is 60.0 Å². The summed E-state index contributed by atoms with van der Waals surface area (Å²) in [7, 11) is 15.3. The number of likely N-dealkylation sites (N-methyl/N-ethyl adjacent to an activating group) is 3. The lowest BCUT2D eigenvalue weighted by molar-refractivity contribution is -0.387. The topological polar surface area (TPSA) is 434 Å². The molecule has 43 heteroatoms. The summed E-state index contributed by atoms with van der Waals surface area (Å²) in [5.74, 6) is 1.27. The monoisotopic (exact) mass is 2010 g/mol. The Balaban J connectivity index is 0.000000364. The zero-order valence-corrected chi connectivity index (χ0v) is 87.2. The van der Waals surface area contributed by atoms with Crippen LogP contribution < -0.4 is 46.3 Å². The van der Waals surface area contributed by atoms with Crippen molar-refractivity contribution in [2.24, 2.45) is 29.6 Å². The van der Waals surface area contributed by atoms with Crippen LogP contribution in [0.2, 0.25) is 10.0 Å². The Labute approximate surface area is 823 Å². The summed E-state index contributed by atoms with van der Waals surface area (Å²) in [6.07, 6.45) is 7.89. The summed E-state index contributed by atoms with van der Waals surface area (Å²) in [6.45, 7) is 40.2. The van der Waals surface area contributed by atoms with Crippen LogP contribution in [0.4, 0.5) is 90.9 Å². The third-order valence-electron chi connectivity index (χ3n) is 21.3. The van der Waals surface area contributed by atoms with Gasteiger partial charge in [0.05, 0.1) is 88.2 Å².